The zero-order chi connectivity index (χ0) is 50.3. The zero-order valence-electron chi connectivity index (χ0n) is 39.5. The molecule has 2 aliphatic rings. The number of carboxylic acid groups (broad SMARTS) is 1. The fourth-order valence-corrected chi connectivity index (χ4v) is 7.42. The van der Waals surface area contributed by atoms with E-state index in [9.17, 15) is 43.8 Å². The normalized spacial score (nSPS) is 13.1. The summed E-state index contributed by atoms with van der Waals surface area (Å²) in [5.74, 6) is -3.46. The van der Waals surface area contributed by atoms with Gasteiger partial charge >= 0.3 is 12.1 Å². The summed E-state index contributed by atoms with van der Waals surface area (Å²) in [6.07, 6.45) is 1.94. The standard InChI is InChI=1S/C48H64N8O11S/c1-26(2)22-37(44(62)52-27(3)41(59)50-20-11-9-19-49)56-43(61)36(12-8-10-21-51-47(65)67-48(5,6)7)55-42(60)28(4)53-46(68)54-29-13-16-32(35(23-29)45(63)64)40-33-17-14-30(57)24-38(33)66-39-25-31(58)15-18-34(39)40/h13-18,23-28,36-37,57H,8-12,19-22,49H2,1-7H3,(H,50,59)(H,51,65)(H,52,62)(H,55,60)(H,56,61)(H,63,64)(H2,53,54,68)/t27-,28-,36-,37-/m0/s1. The van der Waals surface area contributed by atoms with E-state index in [0.29, 0.717) is 48.9 Å². The first-order valence-corrected chi connectivity index (χ1v) is 23.0. The van der Waals surface area contributed by atoms with Crippen LogP contribution in [0.25, 0.3) is 33.4 Å². The monoisotopic (exact) mass is 960 g/mol. The van der Waals surface area contributed by atoms with E-state index in [-0.39, 0.29) is 69.8 Å². The van der Waals surface area contributed by atoms with Crippen molar-refractivity contribution in [2.24, 2.45) is 11.7 Å². The van der Waals surface area contributed by atoms with E-state index in [1.807, 2.05) is 13.8 Å². The van der Waals surface area contributed by atoms with Gasteiger partial charge < -0.3 is 62.3 Å². The maximum Gasteiger partial charge on any atom is 0.407 e. The topological polar surface area (TPSA) is 293 Å². The Labute approximate surface area is 400 Å². The van der Waals surface area contributed by atoms with E-state index >= 15 is 0 Å². The number of carboxylic acids is 1. The number of nitrogens with one attached hydrogen (secondary N) is 7. The number of carbonyl (C=O) groups is 6. The van der Waals surface area contributed by atoms with Crippen molar-refractivity contribution in [2.75, 3.05) is 25.0 Å². The number of phenols is 1. The fraction of sp³-hybridized carbons (Fsp3) is 0.458. The Morgan fingerprint density at radius 2 is 1.40 bits per heavy atom. The number of nitrogens with two attached hydrogens (primary N) is 1. The Balaban J connectivity index is 1.49. The molecule has 0 fully saturated rings. The number of hydrogen-bond acceptors (Lipinski definition) is 12. The number of hydrogen-bond donors (Lipinski definition) is 10. The molecule has 0 saturated carbocycles. The largest absolute Gasteiger partial charge is 0.508 e. The molecule has 11 N–H and O–H groups in total. The predicted molar refractivity (Wildman–Crippen MR) is 262 cm³/mol. The minimum Gasteiger partial charge on any atom is -0.508 e. The van der Waals surface area contributed by atoms with Crippen molar-refractivity contribution < 1.29 is 48.1 Å². The summed E-state index contributed by atoms with van der Waals surface area (Å²) >= 11 is 5.53. The first-order chi connectivity index (χ1) is 32.1. The van der Waals surface area contributed by atoms with Crippen molar-refractivity contribution in [2.45, 2.75) is 117 Å². The average Bonchev–Trinajstić information content (AvgIpc) is 3.25. The van der Waals surface area contributed by atoms with Crippen LogP contribution in [0.5, 0.6) is 5.75 Å². The third-order valence-electron chi connectivity index (χ3n) is 10.4. The average molecular weight is 961 g/mol. The molecule has 0 saturated heterocycles. The van der Waals surface area contributed by atoms with Gasteiger partial charge in [-0.25, -0.2) is 9.59 Å². The number of anilines is 1. The second-order valence-corrected chi connectivity index (χ2v) is 18.3. The highest BCUT2D eigenvalue weighted by atomic mass is 32.1. The highest BCUT2D eigenvalue weighted by Crippen LogP contribution is 2.42. The van der Waals surface area contributed by atoms with E-state index in [2.05, 4.69) is 37.2 Å². The highest BCUT2D eigenvalue weighted by molar-refractivity contribution is 7.80. The summed E-state index contributed by atoms with van der Waals surface area (Å²) in [7, 11) is 0. The molecule has 0 radical (unpaired) electrons. The van der Waals surface area contributed by atoms with Gasteiger partial charge in [0.05, 0.1) is 5.56 Å². The molecule has 368 valence electrons. The van der Waals surface area contributed by atoms with Gasteiger partial charge in [-0.3, -0.25) is 24.0 Å². The van der Waals surface area contributed by atoms with Crippen LogP contribution in [0.4, 0.5) is 10.5 Å². The summed E-state index contributed by atoms with van der Waals surface area (Å²) in [6.45, 7) is 13.1. The lowest BCUT2D eigenvalue weighted by Crippen LogP contribution is -2.58. The van der Waals surface area contributed by atoms with Crippen LogP contribution in [0.3, 0.4) is 0 Å². The molecule has 1 aliphatic carbocycles. The Morgan fingerprint density at radius 1 is 0.750 bits per heavy atom. The zero-order valence-corrected chi connectivity index (χ0v) is 40.3. The van der Waals surface area contributed by atoms with E-state index in [4.69, 9.17) is 27.1 Å². The van der Waals surface area contributed by atoms with Crippen LogP contribution in [0.2, 0.25) is 0 Å². The summed E-state index contributed by atoms with van der Waals surface area (Å²) in [6, 6.07) is 8.94. The molecule has 1 aliphatic heterocycles. The van der Waals surface area contributed by atoms with Crippen LogP contribution in [0.15, 0.2) is 63.8 Å². The molecule has 2 aromatic carbocycles. The van der Waals surface area contributed by atoms with Gasteiger partial charge in [0.1, 0.15) is 46.9 Å². The third-order valence-corrected chi connectivity index (χ3v) is 10.7. The van der Waals surface area contributed by atoms with Gasteiger partial charge in [-0.2, -0.15) is 0 Å². The smallest absolute Gasteiger partial charge is 0.407 e. The van der Waals surface area contributed by atoms with Gasteiger partial charge in [0.15, 0.2) is 10.5 Å². The van der Waals surface area contributed by atoms with Crippen LogP contribution < -0.4 is 48.4 Å². The number of ether oxygens (including phenoxy) is 1. The molecule has 68 heavy (non-hydrogen) atoms. The van der Waals surface area contributed by atoms with Crippen LogP contribution in [-0.2, 0) is 23.9 Å². The highest BCUT2D eigenvalue weighted by Gasteiger charge is 2.30. The minimum absolute atomic E-state index is 0.0449. The number of carbonyl (C=O) groups excluding carboxylic acids is 5. The maximum atomic E-state index is 14.0. The van der Waals surface area contributed by atoms with Crippen LogP contribution >= 0.6 is 12.2 Å². The van der Waals surface area contributed by atoms with E-state index in [1.54, 1.807) is 45.0 Å². The second kappa shape index (κ2) is 24.8. The number of unbranched alkanes of at least 4 members (excludes halogenated alkanes) is 2. The van der Waals surface area contributed by atoms with Crippen molar-refractivity contribution in [1.82, 2.24) is 31.9 Å². The maximum absolute atomic E-state index is 14.0. The van der Waals surface area contributed by atoms with E-state index in [0.717, 1.165) is 6.42 Å². The van der Waals surface area contributed by atoms with Gasteiger partial charge in [-0.05, 0) is 140 Å². The van der Waals surface area contributed by atoms with Crippen molar-refractivity contribution in [3.63, 3.8) is 0 Å². The molecule has 2 aromatic rings. The Kier molecular flexibility index (Phi) is 19.6. The second-order valence-electron chi connectivity index (χ2n) is 17.9. The molecular formula is C48H64N8O11S. The Bertz CT molecular complexity index is 2490. The van der Waals surface area contributed by atoms with Crippen molar-refractivity contribution in [1.29, 1.82) is 0 Å². The SMILES string of the molecule is CC(C)C[C@H](NC(=O)[C@H](CCCCNC(=O)OC(C)(C)C)NC(=O)[C@H](C)NC(=S)Nc1ccc(-c2c3ccc(=O)cc-3oc3cc(O)ccc23)c(C(=O)O)c1)C(=O)N[C@@H](C)C(=O)NCCCCN. The molecule has 5 amide bonds. The van der Waals surface area contributed by atoms with Crippen molar-refractivity contribution in [3.05, 3.63) is 70.4 Å². The van der Waals surface area contributed by atoms with Crippen molar-refractivity contribution >= 4 is 69.7 Å². The number of phenolic OH excluding ortho intramolecular Hbond substituents is 1. The first kappa shape index (κ1) is 53.8. The van der Waals surface area contributed by atoms with Crippen LogP contribution in [-0.4, -0.2) is 100 Å². The predicted octanol–water partition coefficient (Wildman–Crippen LogP) is 4.71. The number of aromatic carboxylic acids is 1. The molecule has 0 bridgehead atoms. The summed E-state index contributed by atoms with van der Waals surface area (Å²) in [5, 5.41) is 40.4. The quantitative estimate of drug-likeness (QED) is 0.0290. The molecule has 0 unspecified atom stereocenters. The number of benzene rings is 3. The van der Waals surface area contributed by atoms with Gasteiger partial charge in [-0.1, -0.05) is 19.9 Å². The number of aromatic hydroxyl groups is 1. The molecule has 0 spiro atoms. The number of fused-ring (bicyclic) bond motifs is 2. The molecule has 20 heteroatoms. The lowest BCUT2D eigenvalue weighted by atomic mass is 9.90. The first-order valence-electron chi connectivity index (χ1n) is 22.6. The number of amides is 5. The summed E-state index contributed by atoms with van der Waals surface area (Å²) < 4.78 is 11.2. The number of alkyl carbamates (subject to hydrolysis) is 1. The fourth-order valence-electron chi connectivity index (χ4n) is 7.13. The Hall–Kier alpha value is -6.80. The molecular weight excluding hydrogens is 897 g/mol. The van der Waals surface area contributed by atoms with E-state index < -0.39 is 65.5 Å². The molecule has 4 atom stereocenters. The van der Waals surface area contributed by atoms with E-state index in [1.165, 1.54) is 44.2 Å². The third kappa shape index (κ3) is 16.2. The molecule has 4 rings (SSSR count). The summed E-state index contributed by atoms with van der Waals surface area (Å²) in [4.78, 5) is 91.1. The molecule has 19 nitrogen and oxygen atoms in total. The number of rotatable bonds is 22. The van der Waals surface area contributed by atoms with Gasteiger partial charge in [-0.15, -0.1) is 0 Å². The number of thiocarbonyl (C=S) groups is 1. The van der Waals surface area contributed by atoms with Crippen LogP contribution in [0.1, 0.15) is 97.3 Å². The lowest BCUT2D eigenvalue weighted by molar-refractivity contribution is -0.134. The summed E-state index contributed by atoms with van der Waals surface area (Å²) in [5.41, 5.74) is 6.08. The van der Waals surface area contributed by atoms with Gasteiger partial charge in [0, 0.05) is 47.4 Å². The minimum atomic E-state index is -1.27. The van der Waals surface area contributed by atoms with Gasteiger partial charge in [0.2, 0.25) is 23.6 Å². The van der Waals surface area contributed by atoms with Crippen molar-refractivity contribution in [3.8, 4) is 28.2 Å². The van der Waals surface area contributed by atoms with Gasteiger partial charge in [0.25, 0.3) is 0 Å². The Morgan fingerprint density at radius 3 is 2.07 bits per heavy atom. The molecule has 0 aromatic heterocycles. The lowest BCUT2D eigenvalue weighted by Gasteiger charge is -2.26. The molecule has 1 heterocycles. The van der Waals surface area contributed by atoms with Crippen LogP contribution in [0, 0.1) is 5.92 Å².